The van der Waals surface area contributed by atoms with Gasteiger partial charge in [-0.3, -0.25) is 0 Å². The van der Waals surface area contributed by atoms with Gasteiger partial charge in [-0.05, 0) is 23.3 Å². The van der Waals surface area contributed by atoms with Crippen LogP contribution in [-0.2, 0) is 4.43 Å². The van der Waals surface area contributed by atoms with Crippen molar-refractivity contribution in [3.63, 3.8) is 0 Å². The molecule has 0 aliphatic carbocycles. The standard InChI is InChI=1S/C21H28OSi/c1-4-6-9-14-19(5-2)22-23(3,20-15-10-7-11-16-20)21-17-12-8-13-18-21/h5,7-8,10-13,15-19H,2,4,6,9,14H2,1,3H3. The van der Waals surface area contributed by atoms with Gasteiger partial charge in [0, 0.05) is 0 Å². The molecule has 2 aromatic rings. The fourth-order valence-electron chi connectivity index (χ4n) is 2.94. The normalized spacial score (nSPS) is 12.8. The van der Waals surface area contributed by atoms with Gasteiger partial charge in [0.2, 0.25) is 0 Å². The van der Waals surface area contributed by atoms with E-state index in [-0.39, 0.29) is 6.10 Å². The monoisotopic (exact) mass is 324 g/mol. The van der Waals surface area contributed by atoms with Gasteiger partial charge in [0.25, 0.3) is 8.32 Å². The van der Waals surface area contributed by atoms with E-state index in [2.05, 4.69) is 80.7 Å². The molecule has 23 heavy (non-hydrogen) atoms. The van der Waals surface area contributed by atoms with Crippen LogP contribution in [0.2, 0.25) is 6.55 Å². The van der Waals surface area contributed by atoms with Crippen molar-refractivity contribution in [2.45, 2.75) is 45.3 Å². The van der Waals surface area contributed by atoms with Crippen LogP contribution in [0.1, 0.15) is 32.6 Å². The molecule has 2 rings (SSSR count). The summed E-state index contributed by atoms with van der Waals surface area (Å²) < 4.78 is 6.73. The van der Waals surface area contributed by atoms with E-state index in [0.717, 1.165) is 6.42 Å². The Hall–Kier alpha value is -1.64. The first-order valence-corrected chi connectivity index (χ1v) is 11.0. The molecule has 0 amide bonds. The summed E-state index contributed by atoms with van der Waals surface area (Å²) in [6, 6.07) is 21.3. The van der Waals surface area contributed by atoms with Crippen molar-refractivity contribution in [3.8, 4) is 0 Å². The fraction of sp³-hybridized carbons (Fsp3) is 0.333. The summed E-state index contributed by atoms with van der Waals surface area (Å²) >= 11 is 0. The quantitative estimate of drug-likeness (QED) is 0.374. The third-order valence-electron chi connectivity index (χ3n) is 4.39. The van der Waals surface area contributed by atoms with Gasteiger partial charge in [-0.15, -0.1) is 6.58 Å². The maximum absolute atomic E-state index is 6.73. The Bertz CT molecular complexity index is 540. The van der Waals surface area contributed by atoms with E-state index < -0.39 is 8.32 Å². The number of unbranched alkanes of at least 4 members (excludes halogenated alkanes) is 2. The number of hydrogen-bond donors (Lipinski definition) is 0. The highest BCUT2D eigenvalue weighted by atomic mass is 28.4. The fourth-order valence-corrected chi connectivity index (χ4v) is 6.02. The molecule has 1 unspecified atom stereocenters. The van der Waals surface area contributed by atoms with Gasteiger partial charge in [-0.1, -0.05) is 92.9 Å². The van der Waals surface area contributed by atoms with Crippen LogP contribution in [0, 0.1) is 0 Å². The van der Waals surface area contributed by atoms with Crippen LogP contribution in [0.15, 0.2) is 73.3 Å². The molecular formula is C21H28OSi. The summed E-state index contributed by atoms with van der Waals surface area (Å²) in [7, 11) is -2.22. The van der Waals surface area contributed by atoms with Crippen LogP contribution in [0.25, 0.3) is 0 Å². The molecule has 0 aromatic heterocycles. The maximum Gasteiger partial charge on any atom is 0.253 e. The Labute approximate surface area is 142 Å². The second kappa shape index (κ2) is 8.85. The third kappa shape index (κ3) is 4.66. The van der Waals surface area contributed by atoms with Gasteiger partial charge < -0.3 is 4.43 Å². The molecule has 122 valence electrons. The molecule has 2 aromatic carbocycles. The SMILES string of the molecule is C=CC(CCCCC)O[Si](C)(c1ccccc1)c1ccccc1. The average Bonchev–Trinajstić information content (AvgIpc) is 2.62. The molecule has 0 radical (unpaired) electrons. The molecular weight excluding hydrogens is 296 g/mol. The Morgan fingerprint density at radius 2 is 1.48 bits per heavy atom. The lowest BCUT2D eigenvalue weighted by molar-refractivity contribution is 0.233. The second-order valence-corrected chi connectivity index (χ2v) is 9.61. The number of rotatable bonds is 9. The summed E-state index contributed by atoms with van der Waals surface area (Å²) in [6.07, 6.45) is 6.84. The first kappa shape index (κ1) is 17.7. The van der Waals surface area contributed by atoms with Crippen molar-refractivity contribution in [3.05, 3.63) is 73.3 Å². The zero-order valence-electron chi connectivity index (χ0n) is 14.4. The minimum Gasteiger partial charge on any atom is -0.402 e. The molecule has 0 spiro atoms. The van der Waals surface area contributed by atoms with Crippen LogP contribution >= 0.6 is 0 Å². The molecule has 1 nitrogen and oxygen atoms in total. The minimum absolute atomic E-state index is 0.124. The zero-order chi connectivity index (χ0) is 16.5. The predicted octanol–water partition coefficient (Wildman–Crippen LogP) is 4.53. The highest BCUT2D eigenvalue weighted by Crippen LogP contribution is 2.15. The average molecular weight is 325 g/mol. The van der Waals surface area contributed by atoms with Crippen LogP contribution in [0.5, 0.6) is 0 Å². The summed E-state index contributed by atoms with van der Waals surface area (Å²) in [5.41, 5.74) is 0. The molecule has 0 heterocycles. The lowest BCUT2D eigenvalue weighted by Crippen LogP contribution is -2.59. The minimum atomic E-state index is -2.22. The second-order valence-electron chi connectivity index (χ2n) is 6.15. The van der Waals surface area contributed by atoms with Gasteiger partial charge in [-0.25, -0.2) is 0 Å². The van der Waals surface area contributed by atoms with Crippen molar-refractivity contribution in [1.29, 1.82) is 0 Å². The van der Waals surface area contributed by atoms with Gasteiger partial charge >= 0.3 is 0 Å². The van der Waals surface area contributed by atoms with E-state index in [1.165, 1.54) is 29.6 Å². The molecule has 2 heteroatoms. The molecule has 1 atom stereocenters. The molecule has 0 aliphatic rings. The van der Waals surface area contributed by atoms with Crippen LogP contribution in [0.3, 0.4) is 0 Å². The largest absolute Gasteiger partial charge is 0.402 e. The Balaban J connectivity index is 2.29. The predicted molar refractivity (Wildman–Crippen MR) is 103 cm³/mol. The van der Waals surface area contributed by atoms with Crippen molar-refractivity contribution in [1.82, 2.24) is 0 Å². The van der Waals surface area contributed by atoms with Crippen LogP contribution in [-0.4, -0.2) is 14.4 Å². The molecule has 0 fully saturated rings. The first-order chi connectivity index (χ1) is 11.2. The lowest BCUT2D eigenvalue weighted by atomic mass is 10.1. The summed E-state index contributed by atoms with van der Waals surface area (Å²) in [4.78, 5) is 0. The van der Waals surface area contributed by atoms with E-state index in [1.807, 2.05) is 6.08 Å². The Morgan fingerprint density at radius 1 is 0.957 bits per heavy atom. The van der Waals surface area contributed by atoms with Crippen molar-refractivity contribution in [2.24, 2.45) is 0 Å². The smallest absolute Gasteiger partial charge is 0.253 e. The summed E-state index contributed by atoms with van der Waals surface area (Å²) in [6.45, 7) is 8.54. The van der Waals surface area contributed by atoms with E-state index in [0.29, 0.717) is 0 Å². The zero-order valence-corrected chi connectivity index (χ0v) is 15.4. The highest BCUT2D eigenvalue weighted by molar-refractivity contribution is 6.96. The first-order valence-electron chi connectivity index (χ1n) is 8.62. The van der Waals surface area contributed by atoms with E-state index in [9.17, 15) is 0 Å². The summed E-state index contributed by atoms with van der Waals surface area (Å²) in [5.74, 6) is 0. The van der Waals surface area contributed by atoms with Gasteiger partial charge in [0.1, 0.15) is 0 Å². The molecule has 0 bridgehead atoms. The topological polar surface area (TPSA) is 9.23 Å². The van der Waals surface area contributed by atoms with Crippen molar-refractivity contribution < 1.29 is 4.43 Å². The molecule has 0 aliphatic heterocycles. The molecule has 0 N–H and O–H groups in total. The molecule has 0 saturated carbocycles. The van der Waals surface area contributed by atoms with Crippen molar-refractivity contribution >= 4 is 18.7 Å². The van der Waals surface area contributed by atoms with E-state index in [1.54, 1.807) is 0 Å². The van der Waals surface area contributed by atoms with Crippen molar-refractivity contribution in [2.75, 3.05) is 0 Å². The Kier molecular flexibility index (Phi) is 6.81. The van der Waals surface area contributed by atoms with E-state index in [4.69, 9.17) is 4.43 Å². The van der Waals surface area contributed by atoms with Gasteiger partial charge in [0.05, 0.1) is 6.10 Å². The lowest BCUT2D eigenvalue weighted by Gasteiger charge is -2.32. The van der Waals surface area contributed by atoms with Gasteiger partial charge in [-0.2, -0.15) is 0 Å². The van der Waals surface area contributed by atoms with E-state index >= 15 is 0 Å². The number of benzene rings is 2. The third-order valence-corrected chi connectivity index (χ3v) is 8.04. The Morgan fingerprint density at radius 3 is 1.91 bits per heavy atom. The van der Waals surface area contributed by atoms with Crippen LogP contribution in [0.4, 0.5) is 0 Å². The van der Waals surface area contributed by atoms with Gasteiger partial charge in [0.15, 0.2) is 0 Å². The summed E-state index contributed by atoms with van der Waals surface area (Å²) in [5, 5.41) is 2.63. The number of hydrogen-bond acceptors (Lipinski definition) is 1. The molecule has 0 saturated heterocycles. The maximum atomic E-state index is 6.73. The van der Waals surface area contributed by atoms with Crippen LogP contribution < -0.4 is 10.4 Å². The highest BCUT2D eigenvalue weighted by Gasteiger charge is 2.35.